The Morgan fingerprint density at radius 1 is 1.32 bits per heavy atom. The number of ether oxygens (including phenoxy) is 1. The minimum Gasteiger partial charge on any atom is -0.469 e. The average molecular weight is 259 g/mol. The van der Waals surface area contributed by atoms with Gasteiger partial charge in [-0.3, -0.25) is 9.59 Å². The fourth-order valence-corrected chi connectivity index (χ4v) is 1.48. The van der Waals surface area contributed by atoms with E-state index in [1.165, 1.54) is 14.0 Å². The summed E-state index contributed by atoms with van der Waals surface area (Å²) >= 11 is 0. The number of esters is 1. The van der Waals surface area contributed by atoms with Gasteiger partial charge in [0.15, 0.2) is 0 Å². The Balaban J connectivity index is 2.65. The minimum atomic E-state index is -0.285. The standard InChI is InChI=1S/C15H17NO3/c1-12(17)16-10-6-5-8-13-7-3-4-9-14(13)11-15(18)19-2/h3-4,7,9H,6,10-11H2,1-2H3,(H,16,17). The van der Waals surface area contributed by atoms with Gasteiger partial charge < -0.3 is 10.1 Å². The highest BCUT2D eigenvalue weighted by Gasteiger charge is 2.05. The first-order valence-electron chi connectivity index (χ1n) is 6.01. The zero-order valence-electron chi connectivity index (χ0n) is 11.2. The van der Waals surface area contributed by atoms with Gasteiger partial charge in [0.25, 0.3) is 0 Å². The summed E-state index contributed by atoms with van der Waals surface area (Å²) in [4.78, 5) is 21.9. The van der Waals surface area contributed by atoms with E-state index in [4.69, 9.17) is 0 Å². The number of rotatable bonds is 4. The average Bonchev–Trinajstić information content (AvgIpc) is 2.39. The summed E-state index contributed by atoms with van der Waals surface area (Å²) in [6.07, 6.45) is 0.791. The number of hydrogen-bond acceptors (Lipinski definition) is 3. The molecule has 0 unspecified atom stereocenters. The number of carbonyl (C=O) groups excluding carboxylic acids is 2. The van der Waals surface area contributed by atoms with Gasteiger partial charge in [0.05, 0.1) is 13.5 Å². The molecule has 1 aromatic carbocycles. The molecule has 0 radical (unpaired) electrons. The molecule has 0 aliphatic heterocycles. The highest BCUT2D eigenvalue weighted by molar-refractivity contribution is 5.73. The van der Waals surface area contributed by atoms with Gasteiger partial charge in [-0.1, -0.05) is 30.0 Å². The second-order valence-electron chi connectivity index (χ2n) is 3.94. The van der Waals surface area contributed by atoms with E-state index in [1.54, 1.807) is 0 Å². The Morgan fingerprint density at radius 2 is 2.05 bits per heavy atom. The molecule has 0 heterocycles. The van der Waals surface area contributed by atoms with Gasteiger partial charge in [-0.15, -0.1) is 0 Å². The lowest BCUT2D eigenvalue weighted by Gasteiger charge is -2.02. The van der Waals surface area contributed by atoms with Gasteiger partial charge in [-0.25, -0.2) is 0 Å². The van der Waals surface area contributed by atoms with Gasteiger partial charge in [0.1, 0.15) is 0 Å². The summed E-state index contributed by atoms with van der Waals surface area (Å²) in [6.45, 7) is 2.00. The highest BCUT2D eigenvalue weighted by Crippen LogP contribution is 2.08. The third-order valence-electron chi connectivity index (χ3n) is 2.43. The predicted octanol–water partition coefficient (Wildman–Crippen LogP) is 1.28. The van der Waals surface area contributed by atoms with E-state index in [0.29, 0.717) is 13.0 Å². The molecule has 1 rings (SSSR count). The quantitative estimate of drug-likeness (QED) is 0.503. The van der Waals surface area contributed by atoms with Crippen LogP contribution < -0.4 is 5.32 Å². The molecule has 1 amide bonds. The number of amides is 1. The Hall–Kier alpha value is -2.28. The molecule has 4 nitrogen and oxygen atoms in total. The molecule has 0 fully saturated rings. The Morgan fingerprint density at radius 3 is 2.74 bits per heavy atom. The van der Waals surface area contributed by atoms with Crippen LogP contribution in [-0.2, 0) is 20.7 Å². The van der Waals surface area contributed by atoms with Crippen molar-refractivity contribution in [1.29, 1.82) is 0 Å². The van der Waals surface area contributed by atoms with Crippen LogP contribution in [0.25, 0.3) is 0 Å². The number of nitrogens with one attached hydrogen (secondary N) is 1. The first-order chi connectivity index (χ1) is 9.13. The van der Waals surface area contributed by atoms with Crippen molar-refractivity contribution in [1.82, 2.24) is 5.32 Å². The van der Waals surface area contributed by atoms with Crippen molar-refractivity contribution < 1.29 is 14.3 Å². The maximum absolute atomic E-state index is 11.3. The second kappa shape index (κ2) is 7.93. The van der Waals surface area contributed by atoms with Crippen LogP contribution in [0.5, 0.6) is 0 Å². The van der Waals surface area contributed by atoms with E-state index in [9.17, 15) is 9.59 Å². The van der Waals surface area contributed by atoms with Gasteiger partial charge >= 0.3 is 5.97 Å². The summed E-state index contributed by atoms with van der Waals surface area (Å²) in [5.74, 6) is 5.63. The fourth-order valence-electron chi connectivity index (χ4n) is 1.48. The van der Waals surface area contributed by atoms with E-state index in [-0.39, 0.29) is 18.3 Å². The fraction of sp³-hybridized carbons (Fsp3) is 0.333. The van der Waals surface area contributed by atoms with Crippen molar-refractivity contribution in [3.05, 3.63) is 35.4 Å². The SMILES string of the molecule is COC(=O)Cc1ccccc1C#CCCNC(C)=O. The lowest BCUT2D eigenvalue weighted by molar-refractivity contribution is -0.139. The molecule has 1 aromatic rings. The van der Waals surface area contributed by atoms with Crippen LogP contribution in [0.15, 0.2) is 24.3 Å². The van der Waals surface area contributed by atoms with Crippen molar-refractivity contribution in [2.75, 3.05) is 13.7 Å². The molecule has 0 bridgehead atoms. The summed E-state index contributed by atoms with van der Waals surface area (Å²) < 4.78 is 4.64. The number of carbonyl (C=O) groups is 2. The van der Waals surface area contributed by atoms with Crippen LogP contribution in [0.2, 0.25) is 0 Å². The topological polar surface area (TPSA) is 55.4 Å². The van der Waals surface area contributed by atoms with Crippen molar-refractivity contribution in [3.8, 4) is 11.8 Å². The maximum Gasteiger partial charge on any atom is 0.310 e. The van der Waals surface area contributed by atoms with Gasteiger partial charge in [-0.2, -0.15) is 0 Å². The van der Waals surface area contributed by atoms with Crippen LogP contribution >= 0.6 is 0 Å². The number of benzene rings is 1. The van der Waals surface area contributed by atoms with E-state index in [0.717, 1.165) is 11.1 Å². The van der Waals surface area contributed by atoms with Crippen molar-refractivity contribution in [2.45, 2.75) is 19.8 Å². The van der Waals surface area contributed by atoms with Crippen LogP contribution in [-0.4, -0.2) is 25.5 Å². The van der Waals surface area contributed by atoms with E-state index in [2.05, 4.69) is 21.9 Å². The van der Waals surface area contributed by atoms with Gasteiger partial charge in [-0.05, 0) is 11.6 Å². The first-order valence-corrected chi connectivity index (χ1v) is 6.01. The summed E-state index contributed by atoms with van der Waals surface area (Å²) in [5, 5.41) is 2.67. The smallest absolute Gasteiger partial charge is 0.310 e. The third-order valence-corrected chi connectivity index (χ3v) is 2.43. The normalized spacial score (nSPS) is 9.16. The van der Waals surface area contributed by atoms with Crippen LogP contribution in [0.3, 0.4) is 0 Å². The summed E-state index contributed by atoms with van der Waals surface area (Å²) in [6, 6.07) is 7.46. The van der Waals surface area contributed by atoms with Gasteiger partial charge in [0, 0.05) is 25.5 Å². The first kappa shape index (κ1) is 14.8. The van der Waals surface area contributed by atoms with Crippen molar-refractivity contribution in [2.24, 2.45) is 0 Å². The Bertz CT molecular complexity index is 512. The molecular weight excluding hydrogens is 242 g/mol. The van der Waals surface area contributed by atoms with Crippen LogP contribution in [0.4, 0.5) is 0 Å². The maximum atomic E-state index is 11.3. The molecule has 19 heavy (non-hydrogen) atoms. The molecule has 100 valence electrons. The number of hydrogen-bond donors (Lipinski definition) is 1. The highest BCUT2D eigenvalue weighted by atomic mass is 16.5. The van der Waals surface area contributed by atoms with Gasteiger partial charge in [0.2, 0.25) is 5.91 Å². The molecule has 0 aromatic heterocycles. The number of methoxy groups -OCH3 is 1. The molecule has 0 aliphatic rings. The largest absolute Gasteiger partial charge is 0.469 e. The molecule has 1 N–H and O–H groups in total. The molecular formula is C15H17NO3. The van der Waals surface area contributed by atoms with Crippen molar-refractivity contribution >= 4 is 11.9 Å². The van der Waals surface area contributed by atoms with Crippen LogP contribution in [0, 0.1) is 11.8 Å². The molecule has 0 saturated heterocycles. The second-order valence-corrected chi connectivity index (χ2v) is 3.94. The van der Waals surface area contributed by atoms with E-state index in [1.807, 2.05) is 24.3 Å². The Labute approximate surface area is 113 Å². The van der Waals surface area contributed by atoms with Crippen LogP contribution in [0.1, 0.15) is 24.5 Å². The van der Waals surface area contributed by atoms with E-state index < -0.39 is 0 Å². The predicted molar refractivity (Wildman–Crippen MR) is 72.3 cm³/mol. The zero-order chi connectivity index (χ0) is 14.1. The zero-order valence-corrected chi connectivity index (χ0v) is 11.2. The lowest BCUT2D eigenvalue weighted by Crippen LogP contribution is -2.20. The van der Waals surface area contributed by atoms with E-state index >= 15 is 0 Å². The Kier molecular flexibility index (Phi) is 6.17. The molecule has 0 spiro atoms. The monoisotopic (exact) mass is 259 g/mol. The molecule has 0 saturated carbocycles. The molecule has 4 heteroatoms. The minimum absolute atomic E-state index is 0.0621. The lowest BCUT2D eigenvalue weighted by atomic mass is 10.0. The molecule has 0 atom stereocenters. The summed E-state index contributed by atoms with van der Waals surface area (Å²) in [5.41, 5.74) is 1.66. The molecule has 0 aliphatic carbocycles. The third kappa shape index (κ3) is 5.73. The summed E-state index contributed by atoms with van der Waals surface area (Å²) in [7, 11) is 1.37. The van der Waals surface area contributed by atoms with Crippen molar-refractivity contribution in [3.63, 3.8) is 0 Å².